The third kappa shape index (κ3) is 3.47. The van der Waals surface area contributed by atoms with E-state index in [1.165, 1.54) is 24.6 Å². The normalized spacial score (nSPS) is 14.1. The number of rotatable bonds is 5. The summed E-state index contributed by atoms with van der Waals surface area (Å²) in [6.07, 6.45) is 6.18. The first-order valence-electron chi connectivity index (χ1n) is 7.27. The van der Waals surface area contributed by atoms with E-state index < -0.39 is 0 Å². The van der Waals surface area contributed by atoms with E-state index in [0.29, 0.717) is 22.5 Å². The molecule has 1 N–H and O–H groups in total. The second kappa shape index (κ2) is 6.34. The van der Waals surface area contributed by atoms with E-state index in [1.807, 2.05) is 32.2 Å². The Morgan fingerprint density at radius 3 is 2.91 bits per heavy atom. The zero-order valence-electron chi connectivity index (χ0n) is 12.6. The molecule has 22 heavy (non-hydrogen) atoms. The first-order valence-corrected chi connectivity index (χ1v) is 8.63. The molecule has 1 fully saturated rings. The monoisotopic (exact) mass is 335 g/mol. The van der Waals surface area contributed by atoms with Gasteiger partial charge in [-0.3, -0.25) is 4.79 Å². The quantitative estimate of drug-likeness (QED) is 0.832. The molecule has 0 bridgehead atoms. The Bertz CT molecular complexity index is 686. The van der Waals surface area contributed by atoms with Crippen LogP contribution in [0.15, 0.2) is 29.7 Å². The second-order valence-electron chi connectivity index (χ2n) is 5.62. The van der Waals surface area contributed by atoms with Crippen LogP contribution in [0.5, 0.6) is 0 Å². The lowest BCUT2D eigenvalue weighted by Gasteiger charge is -2.11. The summed E-state index contributed by atoms with van der Waals surface area (Å²) in [5.74, 6) is 0.261. The Kier molecular flexibility index (Phi) is 4.45. The molecular weight excluding hydrogens is 318 g/mol. The molecule has 0 atom stereocenters. The number of aryl methyl sites for hydroxylation is 2. The van der Waals surface area contributed by atoms with Gasteiger partial charge >= 0.3 is 0 Å². The minimum absolute atomic E-state index is 0.0656. The molecule has 1 aromatic heterocycles. The fraction of sp³-hybridized carbons (Fsp3) is 0.375. The number of benzene rings is 1. The van der Waals surface area contributed by atoms with Gasteiger partial charge < -0.3 is 9.88 Å². The lowest BCUT2D eigenvalue weighted by molar-refractivity contribution is -0.113. The average Bonchev–Trinajstić information content (AvgIpc) is 3.19. The highest BCUT2D eigenvalue weighted by Crippen LogP contribution is 2.37. The second-order valence-corrected chi connectivity index (χ2v) is 6.97. The molecule has 1 saturated carbocycles. The minimum Gasteiger partial charge on any atom is -0.324 e. The third-order valence-electron chi connectivity index (χ3n) is 3.60. The summed E-state index contributed by atoms with van der Waals surface area (Å²) in [5.41, 5.74) is 2.76. The van der Waals surface area contributed by atoms with Crippen molar-refractivity contribution in [1.82, 2.24) is 9.55 Å². The molecule has 1 aromatic carbocycles. The van der Waals surface area contributed by atoms with Crippen LogP contribution in [0.4, 0.5) is 5.69 Å². The molecule has 1 aliphatic carbocycles. The van der Waals surface area contributed by atoms with Gasteiger partial charge in [0.05, 0.1) is 16.5 Å². The predicted octanol–water partition coefficient (Wildman–Crippen LogP) is 4.22. The SMILES string of the molecule is Cc1cc(C)c(NC(=O)CSc2nccn2C2CC2)c(Cl)c1. The molecule has 1 aliphatic rings. The molecule has 6 heteroatoms. The lowest BCUT2D eigenvalue weighted by Crippen LogP contribution is -2.15. The maximum absolute atomic E-state index is 12.2. The van der Waals surface area contributed by atoms with Crippen LogP contribution in [0.3, 0.4) is 0 Å². The van der Waals surface area contributed by atoms with Crippen LogP contribution in [-0.2, 0) is 4.79 Å². The number of nitrogens with zero attached hydrogens (tertiary/aromatic N) is 2. The highest BCUT2D eigenvalue weighted by atomic mass is 35.5. The van der Waals surface area contributed by atoms with Crippen molar-refractivity contribution >= 4 is 35.0 Å². The topological polar surface area (TPSA) is 46.9 Å². The summed E-state index contributed by atoms with van der Waals surface area (Å²) in [6.45, 7) is 3.93. The molecule has 1 heterocycles. The highest BCUT2D eigenvalue weighted by molar-refractivity contribution is 7.99. The molecule has 116 valence electrons. The van der Waals surface area contributed by atoms with Crippen LogP contribution >= 0.6 is 23.4 Å². The van der Waals surface area contributed by atoms with Gasteiger partial charge in [-0.25, -0.2) is 4.98 Å². The maximum atomic E-state index is 12.2. The number of amides is 1. The van der Waals surface area contributed by atoms with Gasteiger partial charge in [0, 0.05) is 18.4 Å². The van der Waals surface area contributed by atoms with E-state index in [2.05, 4.69) is 14.9 Å². The van der Waals surface area contributed by atoms with Crippen molar-refractivity contribution < 1.29 is 4.79 Å². The van der Waals surface area contributed by atoms with Crippen molar-refractivity contribution in [3.63, 3.8) is 0 Å². The number of hydrogen-bond donors (Lipinski definition) is 1. The number of aromatic nitrogens is 2. The third-order valence-corrected chi connectivity index (χ3v) is 4.88. The Hall–Kier alpha value is -1.46. The van der Waals surface area contributed by atoms with Crippen molar-refractivity contribution in [1.29, 1.82) is 0 Å². The summed E-state index contributed by atoms with van der Waals surface area (Å²) < 4.78 is 2.15. The standard InChI is InChI=1S/C16H18ClN3OS/c1-10-7-11(2)15(13(17)8-10)19-14(21)9-22-16-18-5-6-20(16)12-3-4-12/h5-8,12H,3-4,9H2,1-2H3,(H,19,21). The number of nitrogens with one attached hydrogen (secondary N) is 1. The fourth-order valence-electron chi connectivity index (χ4n) is 2.42. The van der Waals surface area contributed by atoms with Gasteiger partial charge in [0.15, 0.2) is 5.16 Å². The minimum atomic E-state index is -0.0656. The molecule has 4 nitrogen and oxygen atoms in total. The smallest absolute Gasteiger partial charge is 0.234 e. The van der Waals surface area contributed by atoms with E-state index in [-0.39, 0.29) is 5.91 Å². The van der Waals surface area contributed by atoms with Gasteiger partial charge in [-0.15, -0.1) is 0 Å². The van der Waals surface area contributed by atoms with Crippen LogP contribution in [0, 0.1) is 13.8 Å². The Morgan fingerprint density at radius 2 is 2.23 bits per heavy atom. The van der Waals surface area contributed by atoms with E-state index >= 15 is 0 Å². The first kappa shape index (κ1) is 15.4. The molecule has 1 amide bonds. The first-order chi connectivity index (χ1) is 10.5. The zero-order chi connectivity index (χ0) is 15.7. The number of anilines is 1. The van der Waals surface area contributed by atoms with Gasteiger partial charge in [0.2, 0.25) is 5.91 Å². The zero-order valence-corrected chi connectivity index (χ0v) is 14.2. The summed E-state index contributed by atoms with van der Waals surface area (Å²) >= 11 is 7.68. The largest absolute Gasteiger partial charge is 0.324 e. The summed E-state index contributed by atoms with van der Waals surface area (Å²) in [5, 5.41) is 4.39. The number of carbonyl (C=O) groups excluding carboxylic acids is 1. The van der Waals surface area contributed by atoms with Gasteiger partial charge in [-0.05, 0) is 43.9 Å². The summed E-state index contributed by atoms with van der Waals surface area (Å²) in [4.78, 5) is 16.5. The Labute approximate surface area is 139 Å². The molecule has 0 aliphatic heterocycles. The van der Waals surface area contributed by atoms with Crippen molar-refractivity contribution in [2.24, 2.45) is 0 Å². The van der Waals surface area contributed by atoms with Crippen molar-refractivity contribution in [2.75, 3.05) is 11.1 Å². The predicted molar refractivity (Wildman–Crippen MR) is 90.8 cm³/mol. The summed E-state index contributed by atoms with van der Waals surface area (Å²) in [7, 11) is 0. The van der Waals surface area contributed by atoms with E-state index in [0.717, 1.165) is 16.3 Å². The maximum Gasteiger partial charge on any atom is 0.234 e. The fourth-order valence-corrected chi connectivity index (χ4v) is 3.62. The molecule has 3 rings (SSSR count). The van der Waals surface area contributed by atoms with Gasteiger partial charge in [-0.1, -0.05) is 29.4 Å². The summed E-state index contributed by atoms with van der Waals surface area (Å²) in [6, 6.07) is 4.44. The van der Waals surface area contributed by atoms with Crippen molar-refractivity contribution in [3.8, 4) is 0 Å². The van der Waals surface area contributed by atoms with Gasteiger partial charge in [0.1, 0.15) is 0 Å². The van der Waals surface area contributed by atoms with Gasteiger partial charge in [0.25, 0.3) is 0 Å². The average molecular weight is 336 g/mol. The number of hydrogen-bond acceptors (Lipinski definition) is 3. The highest BCUT2D eigenvalue weighted by Gasteiger charge is 2.25. The van der Waals surface area contributed by atoms with Crippen LogP contribution in [0.25, 0.3) is 0 Å². The van der Waals surface area contributed by atoms with Crippen LogP contribution < -0.4 is 5.32 Å². The van der Waals surface area contributed by atoms with Crippen LogP contribution in [-0.4, -0.2) is 21.2 Å². The number of thioether (sulfide) groups is 1. The molecule has 0 unspecified atom stereocenters. The van der Waals surface area contributed by atoms with E-state index in [1.54, 1.807) is 6.20 Å². The van der Waals surface area contributed by atoms with Crippen LogP contribution in [0.1, 0.15) is 30.0 Å². The molecule has 0 spiro atoms. The van der Waals surface area contributed by atoms with E-state index in [9.17, 15) is 4.79 Å². The number of halogens is 1. The Balaban J connectivity index is 1.62. The Morgan fingerprint density at radius 1 is 1.45 bits per heavy atom. The van der Waals surface area contributed by atoms with Gasteiger partial charge in [-0.2, -0.15) is 0 Å². The number of imidazole rings is 1. The van der Waals surface area contributed by atoms with Crippen LogP contribution in [0.2, 0.25) is 5.02 Å². The van der Waals surface area contributed by atoms with Crippen molar-refractivity contribution in [3.05, 3.63) is 40.7 Å². The lowest BCUT2D eigenvalue weighted by atomic mass is 10.1. The number of carbonyl (C=O) groups is 1. The molecule has 0 saturated heterocycles. The molecule has 0 radical (unpaired) electrons. The van der Waals surface area contributed by atoms with Crippen molar-refractivity contribution in [2.45, 2.75) is 37.9 Å². The molecule has 2 aromatic rings. The van der Waals surface area contributed by atoms with E-state index in [4.69, 9.17) is 11.6 Å². The molecular formula is C16H18ClN3OS.